The molecule has 0 aromatic carbocycles. The van der Waals surface area contributed by atoms with Gasteiger partial charge < -0.3 is 0 Å². The van der Waals surface area contributed by atoms with E-state index in [0.29, 0.717) is 5.41 Å². The summed E-state index contributed by atoms with van der Waals surface area (Å²) in [5, 5.41) is 4.59. The molecule has 0 atom stereocenters. The fourth-order valence-electron chi connectivity index (χ4n) is 3.18. The molecule has 114 valence electrons. The molecule has 20 heavy (non-hydrogen) atoms. The molecule has 0 N–H and O–H groups in total. The first kappa shape index (κ1) is 16.0. The monoisotopic (exact) mass is 341 g/mol. The molecule has 1 saturated carbocycles. The Morgan fingerprint density at radius 2 is 1.95 bits per heavy atom. The molecule has 1 aliphatic carbocycles. The van der Waals surface area contributed by atoms with Crippen molar-refractivity contribution in [3.05, 3.63) is 15.9 Å². The predicted molar refractivity (Wildman–Crippen MR) is 87.8 cm³/mol. The Balaban J connectivity index is 2.02. The Hall–Kier alpha value is -0.350. The Morgan fingerprint density at radius 3 is 2.45 bits per heavy atom. The zero-order chi connectivity index (χ0) is 14.9. The maximum absolute atomic E-state index is 4.59. The van der Waals surface area contributed by atoms with E-state index in [1.54, 1.807) is 0 Å². The van der Waals surface area contributed by atoms with Crippen LogP contribution in [0.2, 0.25) is 0 Å². The molecule has 1 aromatic heterocycles. The number of aryl methyl sites for hydroxylation is 2. The zero-order valence-electron chi connectivity index (χ0n) is 13.5. The van der Waals surface area contributed by atoms with Crippen molar-refractivity contribution in [2.45, 2.75) is 65.5 Å². The highest BCUT2D eigenvalue weighted by Gasteiger charge is 2.29. The van der Waals surface area contributed by atoms with E-state index in [1.165, 1.54) is 41.5 Å². The van der Waals surface area contributed by atoms with Crippen LogP contribution >= 0.6 is 15.9 Å². The van der Waals surface area contributed by atoms with E-state index in [-0.39, 0.29) is 0 Å². The molecule has 4 heteroatoms. The fourth-order valence-corrected chi connectivity index (χ4v) is 3.92. The second-order valence-corrected chi connectivity index (χ2v) is 7.79. The highest BCUT2D eigenvalue weighted by atomic mass is 79.9. The lowest BCUT2D eigenvalue weighted by atomic mass is 9.75. The molecule has 0 amide bonds. The summed E-state index contributed by atoms with van der Waals surface area (Å²) in [6.07, 6.45) is 6.30. The van der Waals surface area contributed by atoms with Gasteiger partial charge in [-0.15, -0.1) is 0 Å². The molecular weight excluding hydrogens is 314 g/mol. The van der Waals surface area contributed by atoms with Crippen molar-refractivity contribution in [3.63, 3.8) is 0 Å². The van der Waals surface area contributed by atoms with Crippen LogP contribution in [0.5, 0.6) is 0 Å². The van der Waals surface area contributed by atoms with Crippen LogP contribution in [0.3, 0.4) is 0 Å². The largest absolute Gasteiger partial charge is 0.298 e. The highest BCUT2D eigenvalue weighted by Crippen LogP contribution is 2.37. The molecule has 2 rings (SSSR count). The van der Waals surface area contributed by atoms with Gasteiger partial charge in [0.2, 0.25) is 0 Å². The van der Waals surface area contributed by atoms with E-state index in [1.807, 2.05) is 4.68 Å². The van der Waals surface area contributed by atoms with Crippen molar-refractivity contribution in [3.8, 4) is 0 Å². The number of aromatic nitrogens is 2. The van der Waals surface area contributed by atoms with E-state index in [2.05, 4.69) is 60.8 Å². The summed E-state index contributed by atoms with van der Waals surface area (Å²) in [6, 6.07) is 0.718. The third-order valence-electron chi connectivity index (χ3n) is 4.83. The lowest BCUT2D eigenvalue weighted by molar-refractivity contribution is 0.121. The van der Waals surface area contributed by atoms with E-state index in [0.717, 1.165) is 19.0 Å². The van der Waals surface area contributed by atoms with Gasteiger partial charge in [0, 0.05) is 19.6 Å². The summed E-state index contributed by atoms with van der Waals surface area (Å²) in [5.74, 6) is 0. The van der Waals surface area contributed by atoms with Crippen LogP contribution in [0.1, 0.15) is 57.8 Å². The average molecular weight is 342 g/mol. The smallest absolute Gasteiger partial charge is 0.0767 e. The summed E-state index contributed by atoms with van der Waals surface area (Å²) in [6.45, 7) is 7.93. The summed E-state index contributed by atoms with van der Waals surface area (Å²) in [4.78, 5) is 2.51. The van der Waals surface area contributed by atoms with Crippen molar-refractivity contribution in [2.24, 2.45) is 12.5 Å². The van der Waals surface area contributed by atoms with Gasteiger partial charge in [0.1, 0.15) is 0 Å². The standard InChI is InChI=1S/C16H28BrN3/c1-6-13-15(17)14(20(5)18-13)11-19(4)12-7-9-16(2,3)10-8-12/h12H,6-11H2,1-5H3. The minimum atomic E-state index is 0.542. The average Bonchev–Trinajstić information content (AvgIpc) is 2.66. The van der Waals surface area contributed by atoms with Crippen LogP contribution in [0.15, 0.2) is 4.47 Å². The lowest BCUT2D eigenvalue weighted by Gasteiger charge is -2.38. The summed E-state index contributed by atoms with van der Waals surface area (Å²) in [5.41, 5.74) is 3.01. The minimum absolute atomic E-state index is 0.542. The molecule has 0 saturated heterocycles. The molecule has 0 aliphatic heterocycles. The fraction of sp³-hybridized carbons (Fsp3) is 0.812. The molecule has 0 unspecified atom stereocenters. The molecule has 0 bridgehead atoms. The molecule has 3 nitrogen and oxygen atoms in total. The third kappa shape index (κ3) is 3.45. The van der Waals surface area contributed by atoms with Gasteiger partial charge in [-0.3, -0.25) is 9.58 Å². The van der Waals surface area contributed by atoms with E-state index in [4.69, 9.17) is 0 Å². The zero-order valence-corrected chi connectivity index (χ0v) is 15.1. The Bertz CT molecular complexity index is 455. The van der Waals surface area contributed by atoms with Crippen LogP contribution in [0.25, 0.3) is 0 Å². The molecule has 0 spiro atoms. The highest BCUT2D eigenvalue weighted by molar-refractivity contribution is 9.10. The van der Waals surface area contributed by atoms with E-state index < -0.39 is 0 Å². The number of hydrogen-bond acceptors (Lipinski definition) is 2. The van der Waals surface area contributed by atoms with Gasteiger partial charge in [0.05, 0.1) is 15.9 Å². The molecule has 1 heterocycles. The summed E-state index contributed by atoms with van der Waals surface area (Å²) < 4.78 is 3.23. The topological polar surface area (TPSA) is 21.1 Å². The van der Waals surface area contributed by atoms with Gasteiger partial charge in [0.15, 0.2) is 0 Å². The quantitative estimate of drug-likeness (QED) is 0.820. The van der Waals surface area contributed by atoms with Crippen LogP contribution in [0.4, 0.5) is 0 Å². The van der Waals surface area contributed by atoms with Gasteiger partial charge in [-0.25, -0.2) is 0 Å². The Morgan fingerprint density at radius 1 is 1.35 bits per heavy atom. The van der Waals surface area contributed by atoms with Crippen molar-refractivity contribution in [1.82, 2.24) is 14.7 Å². The second-order valence-electron chi connectivity index (χ2n) is 7.00. The van der Waals surface area contributed by atoms with Crippen molar-refractivity contribution >= 4 is 15.9 Å². The van der Waals surface area contributed by atoms with Crippen LogP contribution in [-0.4, -0.2) is 27.8 Å². The van der Waals surface area contributed by atoms with Gasteiger partial charge >= 0.3 is 0 Å². The summed E-state index contributed by atoms with van der Waals surface area (Å²) in [7, 11) is 4.31. The molecular formula is C16H28BrN3. The number of hydrogen-bond donors (Lipinski definition) is 0. The first-order chi connectivity index (χ1) is 9.34. The van der Waals surface area contributed by atoms with Crippen LogP contribution in [-0.2, 0) is 20.0 Å². The van der Waals surface area contributed by atoms with Gasteiger partial charge in [-0.2, -0.15) is 5.10 Å². The van der Waals surface area contributed by atoms with Gasteiger partial charge in [-0.05, 0) is 60.5 Å². The Kier molecular flexibility index (Phi) is 4.96. The first-order valence-corrected chi connectivity index (χ1v) is 8.54. The van der Waals surface area contributed by atoms with Crippen molar-refractivity contribution < 1.29 is 0 Å². The second kappa shape index (κ2) is 6.18. The maximum atomic E-state index is 4.59. The van der Waals surface area contributed by atoms with E-state index >= 15 is 0 Å². The SMILES string of the molecule is CCc1nn(C)c(CN(C)C2CCC(C)(C)CC2)c1Br. The first-order valence-electron chi connectivity index (χ1n) is 7.74. The Labute approximate surface area is 131 Å². The normalized spacial score (nSPS) is 19.8. The molecule has 1 aliphatic rings. The van der Waals surface area contributed by atoms with Crippen LogP contribution in [0, 0.1) is 5.41 Å². The summed E-state index contributed by atoms with van der Waals surface area (Å²) >= 11 is 3.72. The number of halogens is 1. The minimum Gasteiger partial charge on any atom is -0.298 e. The number of nitrogens with zero attached hydrogens (tertiary/aromatic N) is 3. The molecule has 0 radical (unpaired) electrons. The van der Waals surface area contributed by atoms with E-state index in [9.17, 15) is 0 Å². The molecule has 1 fully saturated rings. The predicted octanol–water partition coefficient (Wildman–Crippen LogP) is 4.15. The van der Waals surface area contributed by atoms with Crippen molar-refractivity contribution in [2.75, 3.05) is 7.05 Å². The lowest BCUT2D eigenvalue weighted by Crippen LogP contribution is -2.37. The van der Waals surface area contributed by atoms with Crippen LogP contribution < -0.4 is 0 Å². The van der Waals surface area contributed by atoms with Gasteiger partial charge in [-0.1, -0.05) is 20.8 Å². The maximum Gasteiger partial charge on any atom is 0.0767 e. The van der Waals surface area contributed by atoms with Gasteiger partial charge in [0.25, 0.3) is 0 Å². The number of rotatable bonds is 4. The molecule has 1 aromatic rings. The van der Waals surface area contributed by atoms with Crippen molar-refractivity contribution in [1.29, 1.82) is 0 Å². The third-order valence-corrected chi connectivity index (χ3v) is 5.75.